The molecule has 3 nitrogen and oxygen atoms in total. The number of ether oxygens (including phenoxy) is 1. The Balaban J connectivity index is 2.54. The lowest BCUT2D eigenvalue weighted by molar-refractivity contribution is -0.103. The van der Waals surface area contributed by atoms with Crippen LogP contribution in [0.1, 0.15) is 16.7 Å². The largest absolute Gasteiger partial charge is 0.380 e. The lowest BCUT2D eigenvalue weighted by atomic mass is 9.95. The molecule has 120 valence electrons. The maximum absolute atomic E-state index is 11.7. The van der Waals surface area contributed by atoms with Crippen molar-refractivity contribution >= 4 is 28.2 Å². The predicted molar refractivity (Wildman–Crippen MR) is 94.7 cm³/mol. The fraction of sp³-hybridized carbons (Fsp3) is 0.211. The van der Waals surface area contributed by atoms with Gasteiger partial charge in [0.25, 0.3) is 0 Å². The maximum atomic E-state index is 11.7. The Morgan fingerprint density at radius 1 is 1.04 bits per heavy atom. The van der Waals surface area contributed by atoms with Crippen LogP contribution in [0.2, 0.25) is 0 Å². The third kappa shape index (κ3) is 4.24. The van der Waals surface area contributed by atoms with E-state index in [9.17, 15) is 9.00 Å². The van der Waals surface area contributed by atoms with E-state index in [2.05, 4.69) is 0 Å². The molecule has 0 radical (unpaired) electrons. The zero-order valence-corrected chi connectivity index (χ0v) is 14.4. The van der Waals surface area contributed by atoms with Gasteiger partial charge in [0, 0.05) is 34.6 Å². The number of carbonyl (C=O) groups excluding carboxylic acids is 1. The summed E-state index contributed by atoms with van der Waals surface area (Å²) in [6, 6.07) is 15.2. The van der Waals surface area contributed by atoms with E-state index in [1.807, 2.05) is 55.5 Å². The van der Waals surface area contributed by atoms with E-state index >= 15 is 0 Å². The summed E-state index contributed by atoms with van der Waals surface area (Å²) < 4.78 is 16.8. The van der Waals surface area contributed by atoms with Crippen LogP contribution in [0.25, 0.3) is 11.1 Å². The number of methoxy groups -OCH3 is 1. The first kappa shape index (κ1) is 17.3. The lowest BCUT2D eigenvalue weighted by Gasteiger charge is -2.12. The van der Waals surface area contributed by atoms with Gasteiger partial charge in [-0.2, -0.15) is 0 Å². The molecule has 1 atom stereocenters. The van der Waals surface area contributed by atoms with E-state index in [1.165, 1.54) is 0 Å². The molecular formula is C19H20O3S. The molecule has 1 unspecified atom stereocenters. The van der Waals surface area contributed by atoms with Crippen molar-refractivity contribution in [2.45, 2.75) is 11.8 Å². The van der Waals surface area contributed by atoms with E-state index in [0.29, 0.717) is 12.2 Å². The normalized spacial score (nSPS) is 13.3. The van der Waals surface area contributed by atoms with Crippen molar-refractivity contribution in [1.82, 2.24) is 0 Å². The summed E-state index contributed by atoms with van der Waals surface area (Å²) in [4.78, 5) is 12.5. The van der Waals surface area contributed by atoms with Gasteiger partial charge in [-0.15, -0.1) is 0 Å². The van der Waals surface area contributed by atoms with Crippen LogP contribution >= 0.6 is 0 Å². The molecule has 0 bridgehead atoms. The smallest absolute Gasteiger partial charge is 0.151 e. The third-order valence-electron chi connectivity index (χ3n) is 3.63. The van der Waals surface area contributed by atoms with Crippen molar-refractivity contribution in [3.05, 3.63) is 65.2 Å². The van der Waals surface area contributed by atoms with Crippen molar-refractivity contribution < 1.29 is 13.7 Å². The SMILES string of the molecule is COC/C(=C(\C=O)c1ccc(C)cc1)c1ccc(S(C)=O)cc1. The molecule has 2 aromatic rings. The minimum atomic E-state index is -1.02. The highest BCUT2D eigenvalue weighted by molar-refractivity contribution is 7.84. The van der Waals surface area contributed by atoms with E-state index in [0.717, 1.165) is 33.4 Å². The van der Waals surface area contributed by atoms with Crippen molar-refractivity contribution in [3.8, 4) is 0 Å². The molecule has 0 aliphatic rings. The van der Waals surface area contributed by atoms with Crippen LogP contribution in [0.15, 0.2) is 53.4 Å². The Hall–Kier alpha value is -2.04. The van der Waals surface area contributed by atoms with E-state index in [-0.39, 0.29) is 0 Å². The van der Waals surface area contributed by atoms with Crippen molar-refractivity contribution in [3.63, 3.8) is 0 Å². The van der Waals surface area contributed by atoms with E-state index in [4.69, 9.17) is 4.74 Å². The number of aldehydes is 1. The van der Waals surface area contributed by atoms with Crippen LogP contribution in [0.4, 0.5) is 0 Å². The van der Waals surface area contributed by atoms with Crippen molar-refractivity contribution in [2.75, 3.05) is 20.0 Å². The molecule has 0 aromatic heterocycles. The fourth-order valence-corrected chi connectivity index (χ4v) is 2.87. The number of aryl methyl sites for hydroxylation is 1. The highest BCUT2D eigenvalue weighted by Crippen LogP contribution is 2.26. The Kier molecular flexibility index (Phi) is 6.02. The van der Waals surface area contributed by atoms with Crippen LogP contribution in [0, 0.1) is 6.92 Å². The number of benzene rings is 2. The summed E-state index contributed by atoms with van der Waals surface area (Å²) in [6.07, 6.45) is 2.51. The summed E-state index contributed by atoms with van der Waals surface area (Å²) in [6.45, 7) is 2.34. The molecule has 0 fully saturated rings. The van der Waals surface area contributed by atoms with Gasteiger partial charge in [0.1, 0.15) is 0 Å². The lowest BCUT2D eigenvalue weighted by Crippen LogP contribution is -2.01. The summed E-state index contributed by atoms with van der Waals surface area (Å²) in [5.41, 5.74) is 4.32. The van der Waals surface area contributed by atoms with Gasteiger partial charge >= 0.3 is 0 Å². The Morgan fingerprint density at radius 2 is 1.61 bits per heavy atom. The summed E-state index contributed by atoms with van der Waals surface area (Å²) in [5.74, 6) is 0. The average molecular weight is 328 g/mol. The molecule has 0 aliphatic carbocycles. The molecule has 0 heterocycles. The molecule has 0 saturated heterocycles. The second kappa shape index (κ2) is 7.99. The minimum Gasteiger partial charge on any atom is -0.380 e. The molecule has 2 aromatic carbocycles. The maximum Gasteiger partial charge on any atom is 0.151 e. The standard InChI is InChI=1S/C19H20O3S/c1-14-4-6-15(7-5-14)18(12-20)19(13-22-2)16-8-10-17(11-9-16)23(3)21/h4-12H,13H2,1-3H3/b19-18-. The summed E-state index contributed by atoms with van der Waals surface area (Å²) in [5, 5.41) is 0. The molecule has 0 aliphatic heterocycles. The Bertz CT molecular complexity index is 728. The van der Waals surface area contributed by atoms with Crippen LogP contribution in [-0.2, 0) is 20.3 Å². The molecule has 4 heteroatoms. The molecule has 23 heavy (non-hydrogen) atoms. The first-order valence-electron chi connectivity index (χ1n) is 7.25. The van der Waals surface area contributed by atoms with Gasteiger partial charge in [0.15, 0.2) is 6.29 Å². The monoisotopic (exact) mass is 328 g/mol. The molecular weight excluding hydrogens is 308 g/mol. The topological polar surface area (TPSA) is 43.4 Å². The second-order valence-corrected chi connectivity index (χ2v) is 6.67. The average Bonchev–Trinajstić information content (AvgIpc) is 2.56. The van der Waals surface area contributed by atoms with Crippen molar-refractivity contribution in [1.29, 1.82) is 0 Å². The van der Waals surface area contributed by atoms with Gasteiger partial charge in [-0.1, -0.05) is 42.0 Å². The highest BCUT2D eigenvalue weighted by atomic mass is 32.2. The second-order valence-electron chi connectivity index (χ2n) is 5.29. The van der Waals surface area contributed by atoms with Crippen LogP contribution in [-0.4, -0.2) is 30.5 Å². The quantitative estimate of drug-likeness (QED) is 0.463. The van der Waals surface area contributed by atoms with Gasteiger partial charge < -0.3 is 4.74 Å². The Morgan fingerprint density at radius 3 is 2.09 bits per heavy atom. The molecule has 0 N–H and O–H groups in total. The van der Waals surface area contributed by atoms with Crippen LogP contribution in [0.5, 0.6) is 0 Å². The minimum absolute atomic E-state index is 0.330. The molecule has 0 spiro atoms. The summed E-state index contributed by atoms with van der Waals surface area (Å²) >= 11 is 0. The number of rotatable bonds is 6. The predicted octanol–water partition coefficient (Wildman–Crippen LogP) is 3.49. The van der Waals surface area contributed by atoms with Gasteiger partial charge in [-0.3, -0.25) is 9.00 Å². The van der Waals surface area contributed by atoms with Gasteiger partial charge in [0.2, 0.25) is 0 Å². The zero-order valence-electron chi connectivity index (χ0n) is 13.5. The van der Waals surface area contributed by atoms with Gasteiger partial charge in [0.05, 0.1) is 6.61 Å². The molecule has 2 rings (SSSR count). The number of allylic oxidation sites excluding steroid dienone is 1. The molecule has 0 saturated carbocycles. The number of carbonyl (C=O) groups is 1. The summed E-state index contributed by atoms with van der Waals surface area (Å²) in [7, 11) is 0.582. The fourth-order valence-electron chi connectivity index (χ4n) is 2.36. The van der Waals surface area contributed by atoms with E-state index < -0.39 is 10.8 Å². The van der Waals surface area contributed by atoms with Crippen LogP contribution in [0.3, 0.4) is 0 Å². The third-order valence-corrected chi connectivity index (χ3v) is 4.56. The van der Waals surface area contributed by atoms with Gasteiger partial charge in [-0.05, 0) is 35.8 Å². The van der Waals surface area contributed by atoms with E-state index in [1.54, 1.807) is 13.4 Å². The first-order chi connectivity index (χ1) is 11.1. The first-order valence-corrected chi connectivity index (χ1v) is 8.80. The van der Waals surface area contributed by atoms with Gasteiger partial charge in [-0.25, -0.2) is 0 Å². The number of hydrogen-bond acceptors (Lipinski definition) is 3. The van der Waals surface area contributed by atoms with Crippen LogP contribution < -0.4 is 0 Å². The highest BCUT2D eigenvalue weighted by Gasteiger charge is 2.12. The zero-order chi connectivity index (χ0) is 16.8. The van der Waals surface area contributed by atoms with Crippen molar-refractivity contribution in [2.24, 2.45) is 0 Å². The molecule has 0 amide bonds. The Labute approximate surface area is 139 Å². The number of hydrogen-bond donors (Lipinski definition) is 0.